The van der Waals surface area contributed by atoms with Crippen molar-refractivity contribution in [1.29, 1.82) is 0 Å². The normalized spacial score (nSPS) is 24.5. The first-order valence-corrected chi connectivity index (χ1v) is 8.62. The van der Waals surface area contributed by atoms with E-state index in [0.29, 0.717) is 32.6 Å². The second-order valence-corrected chi connectivity index (χ2v) is 7.21. The number of esters is 1. The Bertz CT molecular complexity index is 515. The highest BCUT2D eigenvalue weighted by Crippen LogP contribution is 2.45. The highest BCUT2D eigenvalue weighted by molar-refractivity contribution is 7.86. The molecule has 0 aromatic heterocycles. The van der Waals surface area contributed by atoms with E-state index in [4.69, 9.17) is 4.55 Å². The first kappa shape index (κ1) is 19.2. The van der Waals surface area contributed by atoms with Gasteiger partial charge in [-0.3, -0.25) is 9.35 Å². The molecule has 0 aliphatic heterocycles. The zero-order chi connectivity index (χ0) is 17.3. The molecule has 1 aliphatic rings. The first-order chi connectivity index (χ1) is 9.90. The average Bonchev–Trinajstić information content (AvgIpc) is 2.35. The smallest absolute Gasteiger partial charge is 0.405 e. The third-order valence-corrected chi connectivity index (χ3v) is 5.62. The van der Waals surface area contributed by atoms with Crippen LogP contribution in [0.4, 0.5) is 8.78 Å². The molecule has 3 unspecified atom stereocenters. The zero-order valence-corrected chi connectivity index (χ0v) is 13.6. The number of carbonyl (C=O) groups excluding carboxylic acids is 1. The van der Waals surface area contributed by atoms with Gasteiger partial charge in [0.1, 0.15) is 0 Å². The Balaban J connectivity index is 2.79. The van der Waals surface area contributed by atoms with Crippen LogP contribution in [0.3, 0.4) is 0 Å². The van der Waals surface area contributed by atoms with Crippen molar-refractivity contribution >= 4 is 16.1 Å². The lowest BCUT2D eigenvalue weighted by Crippen LogP contribution is -2.51. The maximum Gasteiger partial charge on any atom is 0.405 e. The summed E-state index contributed by atoms with van der Waals surface area (Å²) in [5, 5.41) is 5.82. The Morgan fingerprint density at radius 3 is 2.14 bits per heavy atom. The molecule has 1 saturated carbocycles. The fourth-order valence-electron chi connectivity index (χ4n) is 2.74. The van der Waals surface area contributed by atoms with E-state index in [9.17, 15) is 27.1 Å². The van der Waals surface area contributed by atoms with Gasteiger partial charge >= 0.3 is 21.3 Å². The topological polar surface area (TPSA) is 101 Å². The van der Waals surface area contributed by atoms with Crippen molar-refractivity contribution in [3.8, 4) is 0 Å². The molecule has 0 spiro atoms. The van der Waals surface area contributed by atoms with Gasteiger partial charge in [0.05, 0.1) is 11.5 Å². The van der Waals surface area contributed by atoms with E-state index in [1.165, 1.54) is 0 Å². The van der Waals surface area contributed by atoms with E-state index >= 15 is 0 Å². The largest absolute Gasteiger partial charge is 0.455 e. The molecule has 0 amide bonds. The minimum atomic E-state index is -5.67. The van der Waals surface area contributed by atoms with Crippen molar-refractivity contribution in [2.45, 2.75) is 63.4 Å². The number of rotatable bonds is 7. The van der Waals surface area contributed by atoms with Gasteiger partial charge in [-0.2, -0.15) is 17.2 Å². The van der Waals surface area contributed by atoms with Gasteiger partial charge < -0.3 is 9.84 Å². The van der Waals surface area contributed by atoms with E-state index in [0.717, 1.165) is 0 Å². The van der Waals surface area contributed by atoms with Gasteiger partial charge in [-0.15, -0.1) is 0 Å². The van der Waals surface area contributed by atoms with E-state index in [2.05, 4.69) is 4.74 Å². The molecule has 0 bridgehead atoms. The second kappa shape index (κ2) is 6.37. The summed E-state index contributed by atoms with van der Waals surface area (Å²) in [7, 11) is -5.67. The molecule has 1 rings (SSSR count). The van der Waals surface area contributed by atoms with Crippen molar-refractivity contribution in [1.82, 2.24) is 0 Å². The minimum Gasteiger partial charge on any atom is -0.455 e. The van der Waals surface area contributed by atoms with Crippen LogP contribution in [-0.4, -0.2) is 41.0 Å². The van der Waals surface area contributed by atoms with Crippen LogP contribution in [0.5, 0.6) is 0 Å². The summed E-state index contributed by atoms with van der Waals surface area (Å²) >= 11 is 0. The summed E-state index contributed by atoms with van der Waals surface area (Å²) in [6.45, 7) is 4.23. The molecule has 1 aliphatic carbocycles. The van der Waals surface area contributed by atoms with Crippen LogP contribution in [-0.2, 0) is 19.6 Å². The first-order valence-electron chi connectivity index (χ1n) is 7.18. The van der Waals surface area contributed by atoms with E-state index in [1.807, 2.05) is 0 Å². The summed E-state index contributed by atoms with van der Waals surface area (Å²) in [5.41, 5.74) is -1.07. The van der Waals surface area contributed by atoms with Crippen LogP contribution < -0.4 is 0 Å². The summed E-state index contributed by atoms with van der Waals surface area (Å²) in [6, 6.07) is 0. The standard InChI is InChI=1S/C13H22F2O6S/c1-4-12(17,5-2)10-7-6-9(10)11(16)21-8(3)13(14,15)22(18,19)20/h8-10,17H,4-7H2,1-3H3,(H,18,19,20). The van der Waals surface area contributed by atoms with Gasteiger partial charge in [0, 0.05) is 5.92 Å². The Morgan fingerprint density at radius 2 is 1.82 bits per heavy atom. The molecule has 9 heteroatoms. The number of halogens is 2. The maximum atomic E-state index is 13.4. The van der Waals surface area contributed by atoms with Crippen molar-refractivity contribution < 1.29 is 36.4 Å². The molecule has 0 aromatic carbocycles. The van der Waals surface area contributed by atoms with E-state index < -0.39 is 44.9 Å². The molecule has 22 heavy (non-hydrogen) atoms. The lowest BCUT2D eigenvalue weighted by molar-refractivity contribution is -0.180. The molecule has 3 atom stereocenters. The van der Waals surface area contributed by atoms with Gasteiger partial charge in [0.25, 0.3) is 0 Å². The van der Waals surface area contributed by atoms with E-state index in [-0.39, 0.29) is 0 Å². The van der Waals surface area contributed by atoms with Crippen LogP contribution in [0.1, 0.15) is 46.5 Å². The molecule has 0 radical (unpaired) electrons. The SMILES string of the molecule is CCC(O)(CC)C1CCC1C(=O)OC(C)C(F)(F)S(=O)(=O)O. The van der Waals surface area contributed by atoms with Gasteiger partial charge in [-0.1, -0.05) is 13.8 Å². The van der Waals surface area contributed by atoms with Crippen molar-refractivity contribution in [2.24, 2.45) is 11.8 Å². The van der Waals surface area contributed by atoms with Crippen LogP contribution in [0.15, 0.2) is 0 Å². The molecule has 6 nitrogen and oxygen atoms in total. The number of carbonyl (C=O) groups is 1. The van der Waals surface area contributed by atoms with Gasteiger partial charge in [-0.25, -0.2) is 0 Å². The number of hydrogen-bond acceptors (Lipinski definition) is 5. The van der Waals surface area contributed by atoms with Gasteiger partial charge in [0.15, 0.2) is 6.10 Å². The van der Waals surface area contributed by atoms with Gasteiger partial charge in [-0.05, 0) is 32.6 Å². The molecule has 0 heterocycles. The van der Waals surface area contributed by atoms with Crippen molar-refractivity contribution in [3.05, 3.63) is 0 Å². The quantitative estimate of drug-likeness (QED) is 0.541. The van der Waals surface area contributed by atoms with E-state index in [1.54, 1.807) is 13.8 Å². The third kappa shape index (κ3) is 3.41. The molecule has 0 saturated heterocycles. The molecular formula is C13H22F2O6S. The molecule has 2 N–H and O–H groups in total. The second-order valence-electron chi connectivity index (χ2n) is 5.72. The number of hydrogen-bond donors (Lipinski definition) is 2. The highest BCUT2D eigenvalue weighted by atomic mass is 32.2. The minimum absolute atomic E-state index is 0.385. The fourth-order valence-corrected chi connectivity index (χ4v) is 3.21. The number of ether oxygens (including phenoxy) is 1. The predicted molar refractivity (Wildman–Crippen MR) is 73.8 cm³/mol. The molecular weight excluding hydrogens is 322 g/mol. The fraction of sp³-hybridized carbons (Fsp3) is 0.923. The van der Waals surface area contributed by atoms with Crippen molar-refractivity contribution in [2.75, 3.05) is 0 Å². The van der Waals surface area contributed by atoms with Crippen LogP contribution >= 0.6 is 0 Å². The summed E-state index contributed by atoms with van der Waals surface area (Å²) in [6.07, 6.45) is -0.534. The summed E-state index contributed by atoms with van der Waals surface area (Å²) in [5.74, 6) is -2.13. The number of alkyl halides is 2. The lowest BCUT2D eigenvalue weighted by atomic mass is 9.63. The Morgan fingerprint density at radius 1 is 1.32 bits per heavy atom. The average molecular weight is 344 g/mol. The molecule has 130 valence electrons. The van der Waals surface area contributed by atoms with Crippen LogP contribution in [0.25, 0.3) is 0 Å². The van der Waals surface area contributed by atoms with Gasteiger partial charge in [0.2, 0.25) is 0 Å². The molecule has 1 fully saturated rings. The maximum absolute atomic E-state index is 13.4. The third-order valence-electron chi connectivity index (χ3n) is 4.60. The Hall–Kier alpha value is -0.800. The van der Waals surface area contributed by atoms with Crippen LogP contribution in [0.2, 0.25) is 0 Å². The monoisotopic (exact) mass is 344 g/mol. The zero-order valence-electron chi connectivity index (χ0n) is 12.8. The molecule has 0 aromatic rings. The summed E-state index contributed by atoms with van der Waals surface area (Å²) < 4.78 is 61.0. The lowest BCUT2D eigenvalue weighted by Gasteiger charge is -2.45. The summed E-state index contributed by atoms with van der Waals surface area (Å²) in [4.78, 5) is 12.0. The predicted octanol–water partition coefficient (Wildman–Crippen LogP) is 1.98. The Labute approximate surface area is 128 Å². The Kier molecular flexibility index (Phi) is 5.57. The van der Waals surface area contributed by atoms with Crippen LogP contribution in [0, 0.1) is 11.8 Å². The van der Waals surface area contributed by atoms with Crippen molar-refractivity contribution in [3.63, 3.8) is 0 Å². The number of aliphatic hydroxyl groups is 1. The highest BCUT2D eigenvalue weighted by Gasteiger charge is 2.54.